The maximum Gasteiger partial charge on any atom is 0.226 e. The van der Waals surface area contributed by atoms with E-state index >= 15 is 0 Å². The number of carbonyl (C=O) groups excluding carboxylic acids is 1. The first kappa shape index (κ1) is 11.6. The van der Waals surface area contributed by atoms with E-state index in [0.717, 1.165) is 30.7 Å². The summed E-state index contributed by atoms with van der Waals surface area (Å²) in [4.78, 5) is 16.0. The molecule has 0 spiro atoms. The van der Waals surface area contributed by atoms with Crippen molar-refractivity contribution in [2.24, 2.45) is 0 Å². The smallest absolute Gasteiger partial charge is 0.226 e. The molecule has 0 aliphatic carbocycles. The fraction of sp³-hybridized carbons (Fsp3) is 0.385. The number of nitrogens with one attached hydrogen (secondary N) is 1. The van der Waals surface area contributed by atoms with Crippen LogP contribution in [-0.4, -0.2) is 21.8 Å². The van der Waals surface area contributed by atoms with Crippen LogP contribution in [0, 0.1) is 0 Å². The SMILES string of the molecule is CCCCNC(=O)Cc1cn2ccccc2n1. The van der Waals surface area contributed by atoms with Crippen molar-refractivity contribution in [1.29, 1.82) is 0 Å². The molecule has 0 aliphatic heterocycles. The number of hydrogen-bond donors (Lipinski definition) is 1. The van der Waals surface area contributed by atoms with Gasteiger partial charge in [-0.2, -0.15) is 0 Å². The summed E-state index contributed by atoms with van der Waals surface area (Å²) >= 11 is 0. The zero-order valence-electron chi connectivity index (χ0n) is 10.0. The number of rotatable bonds is 5. The summed E-state index contributed by atoms with van der Waals surface area (Å²) in [6.07, 6.45) is 6.30. The highest BCUT2D eigenvalue weighted by molar-refractivity contribution is 5.78. The van der Waals surface area contributed by atoms with Crippen LogP contribution in [-0.2, 0) is 11.2 Å². The predicted molar refractivity (Wildman–Crippen MR) is 66.8 cm³/mol. The normalized spacial score (nSPS) is 10.6. The van der Waals surface area contributed by atoms with E-state index in [2.05, 4.69) is 17.2 Å². The van der Waals surface area contributed by atoms with Gasteiger partial charge in [0.2, 0.25) is 5.91 Å². The summed E-state index contributed by atoms with van der Waals surface area (Å²) in [7, 11) is 0. The summed E-state index contributed by atoms with van der Waals surface area (Å²) in [5.41, 5.74) is 1.69. The molecule has 0 saturated heterocycles. The molecule has 2 heterocycles. The van der Waals surface area contributed by atoms with Gasteiger partial charge >= 0.3 is 0 Å². The van der Waals surface area contributed by atoms with Gasteiger partial charge in [0.1, 0.15) is 5.65 Å². The molecule has 0 radical (unpaired) electrons. The average Bonchev–Trinajstić information content (AvgIpc) is 2.71. The molecule has 4 nitrogen and oxygen atoms in total. The van der Waals surface area contributed by atoms with Gasteiger partial charge < -0.3 is 9.72 Å². The summed E-state index contributed by atoms with van der Waals surface area (Å²) < 4.78 is 1.93. The number of pyridine rings is 1. The molecule has 0 bridgehead atoms. The highest BCUT2D eigenvalue weighted by Gasteiger charge is 2.06. The van der Waals surface area contributed by atoms with Crippen molar-refractivity contribution in [3.8, 4) is 0 Å². The van der Waals surface area contributed by atoms with E-state index in [9.17, 15) is 4.79 Å². The Labute approximate surface area is 101 Å². The number of unbranched alkanes of at least 4 members (excludes halogenated alkanes) is 1. The van der Waals surface area contributed by atoms with Crippen molar-refractivity contribution in [2.45, 2.75) is 26.2 Å². The first-order valence-corrected chi connectivity index (χ1v) is 5.99. The van der Waals surface area contributed by atoms with Crippen LogP contribution in [0.5, 0.6) is 0 Å². The lowest BCUT2D eigenvalue weighted by Gasteiger charge is -2.01. The van der Waals surface area contributed by atoms with Gasteiger partial charge in [0.25, 0.3) is 0 Å². The number of hydrogen-bond acceptors (Lipinski definition) is 2. The zero-order chi connectivity index (χ0) is 12.1. The van der Waals surface area contributed by atoms with E-state index in [1.807, 2.05) is 35.0 Å². The Bertz CT molecular complexity index is 471. The van der Waals surface area contributed by atoms with Gasteiger partial charge in [0.05, 0.1) is 12.1 Å². The molecule has 0 atom stereocenters. The maximum absolute atomic E-state index is 11.6. The second-order valence-corrected chi connectivity index (χ2v) is 4.08. The Hall–Kier alpha value is -1.84. The molecule has 4 heteroatoms. The van der Waals surface area contributed by atoms with E-state index in [0.29, 0.717) is 6.42 Å². The number of carbonyl (C=O) groups is 1. The molecule has 2 aromatic rings. The lowest BCUT2D eigenvalue weighted by molar-refractivity contribution is -0.120. The van der Waals surface area contributed by atoms with E-state index < -0.39 is 0 Å². The monoisotopic (exact) mass is 231 g/mol. The van der Waals surface area contributed by atoms with Gasteiger partial charge in [-0.1, -0.05) is 19.4 Å². The Kier molecular flexibility index (Phi) is 3.75. The van der Waals surface area contributed by atoms with Crippen molar-refractivity contribution in [3.05, 3.63) is 36.3 Å². The Morgan fingerprint density at radius 3 is 3.12 bits per heavy atom. The van der Waals surface area contributed by atoms with Gasteiger partial charge in [0.15, 0.2) is 0 Å². The summed E-state index contributed by atoms with van der Waals surface area (Å²) in [5, 5.41) is 2.89. The summed E-state index contributed by atoms with van der Waals surface area (Å²) in [6, 6.07) is 5.81. The molecule has 0 saturated carbocycles. The molecular weight excluding hydrogens is 214 g/mol. The highest BCUT2D eigenvalue weighted by Crippen LogP contribution is 2.04. The average molecular weight is 231 g/mol. The van der Waals surface area contributed by atoms with E-state index in [1.54, 1.807) is 0 Å². The molecule has 90 valence electrons. The van der Waals surface area contributed by atoms with Crippen LogP contribution in [0.1, 0.15) is 25.5 Å². The van der Waals surface area contributed by atoms with Crippen molar-refractivity contribution in [3.63, 3.8) is 0 Å². The third-order valence-corrected chi connectivity index (χ3v) is 2.61. The molecule has 17 heavy (non-hydrogen) atoms. The van der Waals surface area contributed by atoms with Crippen molar-refractivity contribution >= 4 is 11.6 Å². The second kappa shape index (κ2) is 5.48. The van der Waals surface area contributed by atoms with Crippen molar-refractivity contribution < 1.29 is 4.79 Å². The van der Waals surface area contributed by atoms with Crippen LogP contribution in [0.4, 0.5) is 0 Å². The fourth-order valence-electron chi connectivity index (χ4n) is 1.70. The number of nitrogens with zero attached hydrogens (tertiary/aromatic N) is 2. The predicted octanol–water partition coefficient (Wildman–Crippen LogP) is 1.79. The van der Waals surface area contributed by atoms with Gasteiger partial charge in [0, 0.05) is 18.9 Å². The number of aromatic nitrogens is 2. The highest BCUT2D eigenvalue weighted by atomic mass is 16.1. The molecule has 0 aromatic carbocycles. The molecule has 0 aliphatic rings. The lowest BCUT2D eigenvalue weighted by Crippen LogP contribution is -2.26. The zero-order valence-corrected chi connectivity index (χ0v) is 10.0. The minimum Gasteiger partial charge on any atom is -0.356 e. The van der Waals surface area contributed by atoms with Gasteiger partial charge in [-0.25, -0.2) is 4.98 Å². The third kappa shape index (κ3) is 3.06. The van der Waals surface area contributed by atoms with Gasteiger partial charge in [-0.15, -0.1) is 0 Å². The molecule has 0 fully saturated rings. The standard InChI is InChI=1S/C13H17N3O/c1-2-3-7-14-13(17)9-11-10-16-8-5-4-6-12(16)15-11/h4-6,8,10H,2-3,7,9H2,1H3,(H,14,17). The third-order valence-electron chi connectivity index (χ3n) is 2.61. The van der Waals surface area contributed by atoms with Crippen molar-refractivity contribution in [1.82, 2.24) is 14.7 Å². The number of amides is 1. The molecule has 2 aromatic heterocycles. The van der Waals surface area contributed by atoms with E-state index in [-0.39, 0.29) is 5.91 Å². The van der Waals surface area contributed by atoms with Crippen LogP contribution < -0.4 is 5.32 Å². The Morgan fingerprint density at radius 1 is 1.47 bits per heavy atom. The first-order valence-electron chi connectivity index (χ1n) is 5.99. The topological polar surface area (TPSA) is 46.4 Å². The largest absolute Gasteiger partial charge is 0.356 e. The van der Waals surface area contributed by atoms with Gasteiger partial charge in [-0.3, -0.25) is 4.79 Å². The van der Waals surface area contributed by atoms with Crippen LogP contribution in [0.2, 0.25) is 0 Å². The number of imidazole rings is 1. The molecular formula is C13H17N3O. The van der Waals surface area contributed by atoms with Crippen LogP contribution in [0.3, 0.4) is 0 Å². The molecule has 1 N–H and O–H groups in total. The summed E-state index contributed by atoms with van der Waals surface area (Å²) in [6.45, 7) is 2.86. The van der Waals surface area contributed by atoms with Gasteiger partial charge in [-0.05, 0) is 18.6 Å². The fourth-order valence-corrected chi connectivity index (χ4v) is 1.70. The molecule has 2 rings (SSSR count). The van der Waals surface area contributed by atoms with Crippen molar-refractivity contribution in [2.75, 3.05) is 6.54 Å². The Morgan fingerprint density at radius 2 is 2.35 bits per heavy atom. The minimum absolute atomic E-state index is 0.0434. The lowest BCUT2D eigenvalue weighted by atomic mass is 10.3. The first-order chi connectivity index (χ1) is 8.29. The Balaban J connectivity index is 1.96. The molecule has 1 amide bonds. The number of fused-ring (bicyclic) bond motifs is 1. The second-order valence-electron chi connectivity index (χ2n) is 4.08. The summed E-state index contributed by atoms with van der Waals surface area (Å²) in [5.74, 6) is 0.0434. The minimum atomic E-state index is 0.0434. The molecule has 0 unspecified atom stereocenters. The quantitative estimate of drug-likeness (QED) is 0.797. The van der Waals surface area contributed by atoms with Crippen LogP contribution >= 0.6 is 0 Å². The van der Waals surface area contributed by atoms with Crippen LogP contribution in [0.25, 0.3) is 5.65 Å². The van der Waals surface area contributed by atoms with Crippen LogP contribution in [0.15, 0.2) is 30.6 Å². The van der Waals surface area contributed by atoms with E-state index in [4.69, 9.17) is 0 Å². The van der Waals surface area contributed by atoms with E-state index in [1.165, 1.54) is 0 Å². The maximum atomic E-state index is 11.6.